The summed E-state index contributed by atoms with van der Waals surface area (Å²) < 4.78 is 0. The molecule has 4 N–H and O–H groups in total. The Kier molecular flexibility index (Phi) is 8.03. The van der Waals surface area contributed by atoms with E-state index in [1.54, 1.807) is 13.3 Å². The number of carbonyl (C=O) groups is 2. The Hall–Kier alpha value is -0.740. The molecule has 0 aromatic heterocycles. The first kappa shape index (κ1) is 15.3. The van der Waals surface area contributed by atoms with E-state index in [0.717, 1.165) is 6.42 Å². The van der Waals surface area contributed by atoms with E-state index >= 15 is 0 Å². The average molecular weight is 226 g/mol. The second kappa shape index (κ2) is 8.42. The van der Waals surface area contributed by atoms with Gasteiger partial charge in [0, 0.05) is 25.3 Å². The predicted octanol–water partition coefficient (Wildman–Crippen LogP) is 1.14. The normalized spacial score (nSPS) is 12.8. The third-order valence-electron chi connectivity index (χ3n) is 2.48. The van der Waals surface area contributed by atoms with Gasteiger partial charge in [0.15, 0.2) is 5.78 Å². The highest BCUT2D eigenvalue weighted by atomic mass is 16.1. The van der Waals surface area contributed by atoms with Crippen molar-refractivity contribution in [3.8, 4) is 0 Å². The molecule has 0 aromatic carbocycles. The molecule has 0 aliphatic rings. The summed E-state index contributed by atoms with van der Waals surface area (Å²) in [4.78, 5) is 22.2. The molecule has 0 aromatic rings. The Labute approximate surface area is 97.8 Å². The third kappa shape index (κ3) is 5.98. The van der Waals surface area contributed by atoms with E-state index in [0.29, 0.717) is 25.7 Å². The van der Waals surface area contributed by atoms with Gasteiger partial charge in [0.25, 0.3) is 0 Å². The van der Waals surface area contributed by atoms with Gasteiger partial charge in [0.1, 0.15) is 11.8 Å². The minimum Gasteiger partial charge on any atom is -0.326 e. The van der Waals surface area contributed by atoms with Crippen molar-refractivity contribution in [2.24, 2.45) is 11.5 Å². The lowest BCUT2D eigenvalue weighted by molar-refractivity contribution is -0.117. The number of nitrogens with two attached hydrogens (primary N) is 2. The Morgan fingerprint density at radius 1 is 1.25 bits per heavy atom. The number of Topliss-reactive ketones (excluding diaryl/α,β-unsaturated/α-hetero) is 2. The molecule has 0 rings (SSSR count). The number of carbonyl (C=O) groups excluding carboxylic acids is 2. The van der Waals surface area contributed by atoms with Crippen molar-refractivity contribution < 1.29 is 9.59 Å². The van der Waals surface area contributed by atoms with Gasteiger partial charge in [-0.25, -0.2) is 0 Å². The Bertz CT molecular complexity index is 229. The Balaban J connectivity index is 3.68. The summed E-state index contributed by atoms with van der Waals surface area (Å²) in [5, 5.41) is 0. The van der Waals surface area contributed by atoms with Crippen LogP contribution in [-0.4, -0.2) is 17.6 Å². The molecule has 4 heteroatoms. The fraction of sp³-hybridized carbons (Fsp3) is 0.667. The molecule has 1 unspecified atom stereocenters. The molecule has 4 nitrogen and oxygen atoms in total. The first-order valence-corrected chi connectivity index (χ1v) is 5.80. The highest BCUT2D eigenvalue weighted by Crippen LogP contribution is 2.10. The second-order valence-corrected chi connectivity index (χ2v) is 3.79. The van der Waals surface area contributed by atoms with Crippen LogP contribution in [0.15, 0.2) is 0 Å². The first-order valence-electron chi connectivity index (χ1n) is 5.80. The molecule has 0 spiro atoms. The lowest BCUT2D eigenvalue weighted by Crippen LogP contribution is -2.39. The molecule has 0 amide bonds. The molecule has 2 radical (unpaired) electrons. The van der Waals surface area contributed by atoms with Crippen LogP contribution in [0.3, 0.4) is 0 Å². The van der Waals surface area contributed by atoms with Crippen LogP contribution in [0.2, 0.25) is 0 Å². The average Bonchev–Trinajstić information content (AvgIpc) is 2.31. The molecule has 16 heavy (non-hydrogen) atoms. The molecular formula is C12H22N2O2. The SMILES string of the molecule is CCC(=O)[CH]CCCC(N)[C](N)C(=O)CC. The summed E-state index contributed by atoms with van der Waals surface area (Å²) in [5.41, 5.74) is 11.4. The quantitative estimate of drug-likeness (QED) is 0.577. The summed E-state index contributed by atoms with van der Waals surface area (Å²) in [5.74, 6) is 0.0660. The van der Waals surface area contributed by atoms with Gasteiger partial charge in [-0.2, -0.15) is 0 Å². The lowest BCUT2D eigenvalue weighted by Gasteiger charge is -2.16. The fourth-order valence-corrected chi connectivity index (χ4v) is 1.31. The first-order chi connectivity index (χ1) is 7.52. The maximum absolute atomic E-state index is 11.2. The van der Waals surface area contributed by atoms with Crippen LogP contribution in [0.25, 0.3) is 0 Å². The predicted molar refractivity (Wildman–Crippen MR) is 64.2 cm³/mol. The van der Waals surface area contributed by atoms with Crippen molar-refractivity contribution in [3.05, 3.63) is 12.5 Å². The van der Waals surface area contributed by atoms with Crippen LogP contribution in [0.5, 0.6) is 0 Å². The second-order valence-electron chi connectivity index (χ2n) is 3.79. The van der Waals surface area contributed by atoms with E-state index in [9.17, 15) is 9.59 Å². The number of hydrogen-bond acceptors (Lipinski definition) is 4. The summed E-state index contributed by atoms with van der Waals surface area (Å²) in [6.07, 6.45) is 4.73. The Morgan fingerprint density at radius 2 is 1.88 bits per heavy atom. The standard InChI is InChI=1S/C12H22N2O2/c1-3-9(15)7-5-6-8-10(13)12(14)11(16)4-2/h7,10H,3-6,8,13-14H2,1-2H3. The van der Waals surface area contributed by atoms with Gasteiger partial charge in [-0.05, 0) is 12.8 Å². The molecule has 0 aliphatic carbocycles. The van der Waals surface area contributed by atoms with Crippen LogP contribution < -0.4 is 11.5 Å². The van der Waals surface area contributed by atoms with E-state index in [4.69, 9.17) is 11.5 Å². The molecular weight excluding hydrogens is 204 g/mol. The molecule has 0 fully saturated rings. The van der Waals surface area contributed by atoms with E-state index in [1.165, 1.54) is 0 Å². The van der Waals surface area contributed by atoms with Crippen molar-refractivity contribution in [1.82, 2.24) is 0 Å². The van der Waals surface area contributed by atoms with Crippen LogP contribution in [0.4, 0.5) is 0 Å². The van der Waals surface area contributed by atoms with Crippen LogP contribution in [0, 0.1) is 12.5 Å². The topological polar surface area (TPSA) is 86.2 Å². The fourth-order valence-electron chi connectivity index (χ4n) is 1.31. The number of unbranched alkanes of at least 4 members (excludes halogenated alkanes) is 1. The Morgan fingerprint density at radius 3 is 2.38 bits per heavy atom. The smallest absolute Gasteiger partial charge is 0.156 e. The van der Waals surface area contributed by atoms with Gasteiger partial charge in [0.05, 0.1) is 0 Å². The minimum atomic E-state index is -0.377. The highest BCUT2D eigenvalue weighted by Gasteiger charge is 2.20. The van der Waals surface area contributed by atoms with Crippen molar-refractivity contribution in [1.29, 1.82) is 0 Å². The molecule has 0 saturated heterocycles. The maximum atomic E-state index is 11.2. The minimum absolute atomic E-state index is 0.0823. The number of ketones is 2. The summed E-state index contributed by atoms with van der Waals surface area (Å²) in [7, 11) is 0. The van der Waals surface area contributed by atoms with Crippen LogP contribution in [0.1, 0.15) is 46.0 Å². The summed E-state index contributed by atoms with van der Waals surface area (Å²) >= 11 is 0. The van der Waals surface area contributed by atoms with Crippen molar-refractivity contribution in [2.75, 3.05) is 0 Å². The highest BCUT2D eigenvalue weighted by molar-refractivity contribution is 5.91. The van der Waals surface area contributed by atoms with E-state index < -0.39 is 0 Å². The summed E-state index contributed by atoms with van der Waals surface area (Å²) in [6.45, 7) is 3.59. The molecule has 0 bridgehead atoms. The van der Waals surface area contributed by atoms with Crippen molar-refractivity contribution in [3.63, 3.8) is 0 Å². The van der Waals surface area contributed by atoms with Crippen molar-refractivity contribution in [2.45, 2.75) is 52.0 Å². The van der Waals surface area contributed by atoms with E-state index in [-0.39, 0.29) is 23.7 Å². The lowest BCUT2D eigenvalue weighted by atomic mass is 9.97. The molecule has 1 atom stereocenters. The van der Waals surface area contributed by atoms with Gasteiger partial charge in [-0.3, -0.25) is 9.59 Å². The van der Waals surface area contributed by atoms with Crippen molar-refractivity contribution >= 4 is 11.6 Å². The summed E-state index contributed by atoms with van der Waals surface area (Å²) in [6, 6.07) is -0.123. The van der Waals surface area contributed by atoms with Gasteiger partial charge in [-0.15, -0.1) is 0 Å². The van der Waals surface area contributed by atoms with Crippen LogP contribution in [-0.2, 0) is 9.59 Å². The van der Waals surface area contributed by atoms with Gasteiger partial charge in [-0.1, -0.05) is 20.3 Å². The largest absolute Gasteiger partial charge is 0.326 e. The van der Waals surface area contributed by atoms with Crippen LogP contribution >= 0.6 is 0 Å². The zero-order valence-electron chi connectivity index (χ0n) is 10.2. The molecule has 92 valence electrons. The number of hydrogen-bond donors (Lipinski definition) is 2. The molecule has 0 heterocycles. The van der Waals surface area contributed by atoms with Gasteiger partial charge in [0.2, 0.25) is 0 Å². The monoisotopic (exact) mass is 226 g/mol. The van der Waals surface area contributed by atoms with Gasteiger partial charge >= 0.3 is 0 Å². The zero-order valence-corrected chi connectivity index (χ0v) is 10.2. The third-order valence-corrected chi connectivity index (χ3v) is 2.48. The van der Waals surface area contributed by atoms with E-state index in [1.807, 2.05) is 6.92 Å². The van der Waals surface area contributed by atoms with Gasteiger partial charge < -0.3 is 11.5 Å². The molecule has 0 saturated carbocycles. The maximum Gasteiger partial charge on any atom is 0.156 e. The van der Waals surface area contributed by atoms with E-state index in [2.05, 4.69) is 0 Å². The zero-order chi connectivity index (χ0) is 12.6. The molecule has 0 aliphatic heterocycles. The number of rotatable bonds is 9.